The van der Waals surface area contributed by atoms with Crippen molar-refractivity contribution < 1.29 is 9.15 Å². The van der Waals surface area contributed by atoms with Crippen LogP contribution in [0, 0.1) is 0 Å². The van der Waals surface area contributed by atoms with E-state index in [1.165, 1.54) is 0 Å². The zero-order valence-electron chi connectivity index (χ0n) is 9.11. The molecule has 0 aromatic carbocycles. The van der Waals surface area contributed by atoms with Gasteiger partial charge in [-0.15, -0.1) is 0 Å². The highest BCUT2D eigenvalue weighted by Crippen LogP contribution is 2.10. The minimum atomic E-state index is 0.453. The maximum absolute atomic E-state index is 5.36. The van der Waals surface area contributed by atoms with Crippen LogP contribution in [0.1, 0.15) is 5.76 Å². The molecule has 1 aromatic heterocycles. The Morgan fingerprint density at radius 2 is 2.60 bits per heavy atom. The SMILES string of the molecule is COCC1CNCCN1Cc1ccco1. The van der Waals surface area contributed by atoms with Crippen LogP contribution >= 0.6 is 0 Å². The average Bonchev–Trinajstić information content (AvgIpc) is 2.74. The van der Waals surface area contributed by atoms with E-state index in [9.17, 15) is 0 Å². The van der Waals surface area contributed by atoms with Gasteiger partial charge in [0.15, 0.2) is 0 Å². The van der Waals surface area contributed by atoms with Crippen LogP contribution in [0.5, 0.6) is 0 Å². The Hall–Kier alpha value is -0.840. The lowest BCUT2D eigenvalue weighted by Crippen LogP contribution is -2.52. The van der Waals surface area contributed by atoms with E-state index in [0.29, 0.717) is 6.04 Å². The van der Waals surface area contributed by atoms with Crippen LogP contribution in [-0.2, 0) is 11.3 Å². The van der Waals surface area contributed by atoms with Crippen molar-refractivity contribution >= 4 is 0 Å². The van der Waals surface area contributed by atoms with E-state index < -0.39 is 0 Å². The quantitative estimate of drug-likeness (QED) is 0.794. The minimum absolute atomic E-state index is 0.453. The van der Waals surface area contributed by atoms with Gasteiger partial charge in [0, 0.05) is 32.8 Å². The first-order chi connectivity index (χ1) is 7.40. The first kappa shape index (κ1) is 10.7. The summed E-state index contributed by atoms with van der Waals surface area (Å²) in [5.41, 5.74) is 0. The molecule has 1 aliphatic rings. The molecule has 1 aliphatic heterocycles. The summed E-state index contributed by atoms with van der Waals surface area (Å²) in [6, 6.07) is 4.41. The number of rotatable bonds is 4. The van der Waals surface area contributed by atoms with Crippen LogP contribution in [0.2, 0.25) is 0 Å². The van der Waals surface area contributed by atoms with Crippen molar-refractivity contribution in [2.24, 2.45) is 0 Å². The van der Waals surface area contributed by atoms with E-state index in [1.54, 1.807) is 13.4 Å². The highest BCUT2D eigenvalue weighted by Gasteiger charge is 2.22. The zero-order valence-corrected chi connectivity index (χ0v) is 9.11. The number of nitrogens with one attached hydrogen (secondary N) is 1. The molecule has 0 spiro atoms. The summed E-state index contributed by atoms with van der Waals surface area (Å²) >= 11 is 0. The fourth-order valence-electron chi connectivity index (χ4n) is 1.97. The van der Waals surface area contributed by atoms with Crippen LogP contribution in [0.3, 0.4) is 0 Å². The van der Waals surface area contributed by atoms with Gasteiger partial charge in [0.1, 0.15) is 5.76 Å². The molecule has 1 N–H and O–H groups in total. The molecule has 84 valence electrons. The third-order valence-corrected chi connectivity index (χ3v) is 2.77. The molecule has 0 saturated carbocycles. The second-order valence-electron chi connectivity index (χ2n) is 3.86. The maximum atomic E-state index is 5.36. The molecule has 2 rings (SSSR count). The molecule has 0 radical (unpaired) electrons. The van der Waals surface area contributed by atoms with Crippen LogP contribution < -0.4 is 5.32 Å². The molecular formula is C11H18N2O2. The Bertz CT molecular complexity index is 272. The minimum Gasteiger partial charge on any atom is -0.468 e. The number of hydrogen-bond acceptors (Lipinski definition) is 4. The predicted molar refractivity (Wildman–Crippen MR) is 57.7 cm³/mol. The summed E-state index contributed by atoms with van der Waals surface area (Å²) in [7, 11) is 1.75. The van der Waals surface area contributed by atoms with Crippen molar-refractivity contribution in [2.45, 2.75) is 12.6 Å². The maximum Gasteiger partial charge on any atom is 0.117 e. The number of nitrogens with zero attached hydrogens (tertiary/aromatic N) is 1. The van der Waals surface area contributed by atoms with Crippen LogP contribution in [0.4, 0.5) is 0 Å². The Morgan fingerprint density at radius 3 is 3.33 bits per heavy atom. The summed E-state index contributed by atoms with van der Waals surface area (Å²) in [5, 5.41) is 3.38. The lowest BCUT2D eigenvalue weighted by Gasteiger charge is -2.35. The molecule has 4 heteroatoms. The van der Waals surface area contributed by atoms with E-state index in [1.807, 2.05) is 12.1 Å². The molecule has 1 saturated heterocycles. The predicted octanol–water partition coefficient (Wildman–Crippen LogP) is 0.700. The van der Waals surface area contributed by atoms with Gasteiger partial charge in [-0.1, -0.05) is 0 Å². The summed E-state index contributed by atoms with van der Waals surface area (Å²) in [6.45, 7) is 4.74. The fraction of sp³-hybridized carbons (Fsp3) is 0.636. The normalized spacial score (nSPS) is 23.1. The fourth-order valence-corrected chi connectivity index (χ4v) is 1.97. The summed E-state index contributed by atoms with van der Waals surface area (Å²) in [6.07, 6.45) is 1.73. The Morgan fingerprint density at radius 1 is 1.67 bits per heavy atom. The molecule has 4 nitrogen and oxygen atoms in total. The standard InChI is InChI=1S/C11H18N2O2/c1-14-9-10-7-12-4-5-13(10)8-11-3-2-6-15-11/h2-3,6,10,12H,4-5,7-9H2,1H3. The monoisotopic (exact) mass is 210 g/mol. The lowest BCUT2D eigenvalue weighted by atomic mass is 10.2. The largest absolute Gasteiger partial charge is 0.468 e. The van der Waals surface area contributed by atoms with Gasteiger partial charge in [0.05, 0.1) is 19.4 Å². The van der Waals surface area contributed by atoms with Crippen molar-refractivity contribution in [2.75, 3.05) is 33.4 Å². The number of ether oxygens (including phenoxy) is 1. The van der Waals surface area contributed by atoms with Gasteiger partial charge in [-0.25, -0.2) is 0 Å². The second-order valence-corrected chi connectivity index (χ2v) is 3.86. The van der Waals surface area contributed by atoms with E-state index in [0.717, 1.165) is 38.5 Å². The van der Waals surface area contributed by atoms with Crippen molar-refractivity contribution in [1.82, 2.24) is 10.2 Å². The molecule has 1 unspecified atom stereocenters. The van der Waals surface area contributed by atoms with Crippen LogP contribution in [0.15, 0.2) is 22.8 Å². The van der Waals surface area contributed by atoms with E-state index in [-0.39, 0.29) is 0 Å². The Labute approximate surface area is 90.2 Å². The molecule has 0 bridgehead atoms. The van der Waals surface area contributed by atoms with E-state index in [4.69, 9.17) is 9.15 Å². The molecule has 1 aromatic rings. The molecular weight excluding hydrogens is 192 g/mol. The van der Waals surface area contributed by atoms with Gasteiger partial charge in [-0.3, -0.25) is 4.90 Å². The van der Waals surface area contributed by atoms with E-state index in [2.05, 4.69) is 10.2 Å². The Kier molecular flexibility index (Phi) is 3.77. The van der Waals surface area contributed by atoms with Gasteiger partial charge >= 0.3 is 0 Å². The summed E-state index contributed by atoms with van der Waals surface area (Å²) in [4.78, 5) is 2.40. The molecule has 0 amide bonds. The van der Waals surface area contributed by atoms with Crippen molar-refractivity contribution in [3.05, 3.63) is 24.2 Å². The number of furan rings is 1. The summed E-state index contributed by atoms with van der Waals surface area (Å²) in [5.74, 6) is 1.03. The zero-order chi connectivity index (χ0) is 10.5. The molecule has 2 heterocycles. The van der Waals surface area contributed by atoms with Crippen LogP contribution in [0.25, 0.3) is 0 Å². The van der Waals surface area contributed by atoms with Gasteiger partial charge in [-0.05, 0) is 12.1 Å². The van der Waals surface area contributed by atoms with Gasteiger partial charge in [-0.2, -0.15) is 0 Å². The van der Waals surface area contributed by atoms with Gasteiger partial charge in [0.2, 0.25) is 0 Å². The second kappa shape index (κ2) is 5.30. The highest BCUT2D eigenvalue weighted by molar-refractivity contribution is 4.99. The molecule has 1 fully saturated rings. The summed E-state index contributed by atoms with van der Waals surface area (Å²) < 4.78 is 10.6. The number of piperazine rings is 1. The van der Waals surface area contributed by atoms with Crippen molar-refractivity contribution in [1.29, 1.82) is 0 Å². The third kappa shape index (κ3) is 2.81. The van der Waals surface area contributed by atoms with E-state index >= 15 is 0 Å². The highest BCUT2D eigenvalue weighted by atomic mass is 16.5. The molecule has 0 aliphatic carbocycles. The number of hydrogen-bond donors (Lipinski definition) is 1. The Balaban J connectivity index is 1.92. The topological polar surface area (TPSA) is 37.6 Å². The van der Waals surface area contributed by atoms with Crippen molar-refractivity contribution in [3.63, 3.8) is 0 Å². The smallest absolute Gasteiger partial charge is 0.117 e. The lowest BCUT2D eigenvalue weighted by molar-refractivity contribution is 0.0644. The van der Waals surface area contributed by atoms with Crippen LogP contribution in [-0.4, -0.2) is 44.3 Å². The average molecular weight is 210 g/mol. The van der Waals surface area contributed by atoms with Gasteiger partial charge < -0.3 is 14.5 Å². The van der Waals surface area contributed by atoms with Crippen molar-refractivity contribution in [3.8, 4) is 0 Å². The molecule has 15 heavy (non-hydrogen) atoms. The first-order valence-corrected chi connectivity index (χ1v) is 5.36. The number of methoxy groups -OCH3 is 1. The third-order valence-electron chi connectivity index (χ3n) is 2.77. The molecule has 1 atom stereocenters. The van der Waals surface area contributed by atoms with Gasteiger partial charge in [0.25, 0.3) is 0 Å². The first-order valence-electron chi connectivity index (χ1n) is 5.36.